The van der Waals surface area contributed by atoms with Gasteiger partial charge in [0.05, 0.1) is 5.69 Å². The second-order valence-corrected chi connectivity index (χ2v) is 3.99. The summed E-state index contributed by atoms with van der Waals surface area (Å²) in [6.45, 7) is 1.76. The first-order chi connectivity index (χ1) is 8.72. The molecule has 0 aliphatic heterocycles. The molecule has 92 valence electrons. The first-order valence-electron chi connectivity index (χ1n) is 5.70. The second kappa shape index (κ2) is 5.31. The lowest BCUT2D eigenvalue weighted by Crippen LogP contribution is -2.24. The predicted molar refractivity (Wildman–Crippen MR) is 69.6 cm³/mol. The van der Waals surface area contributed by atoms with E-state index in [0.717, 1.165) is 12.0 Å². The lowest BCUT2D eigenvalue weighted by molar-refractivity contribution is -0.118. The Morgan fingerprint density at radius 3 is 2.61 bits per heavy atom. The van der Waals surface area contributed by atoms with Gasteiger partial charge in [-0.1, -0.05) is 18.2 Å². The third kappa shape index (κ3) is 2.48. The van der Waals surface area contributed by atoms with Crippen molar-refractivity contribution in [2.24, 2.45) is 0 Å². The molecule has 1 aromatic heterocycles. The van der Waals surface area contributed by atoms with Gasteiger partial charge in [-0.25, -0.2) is 0 Å². The van der Waals surface area contributed by atoms with E-state index in [9.17, 15) is 9.59 Å². The zero-order valence-electron chi connectivity index (χ0n) is 10.0. The number of carbonyl (C=O) groups excluding carboxylic acids is 2. The quantitative estimate of drug-likeness (QED) is 0.837. The van der Waals surface area contributed by atoms with Gasteiger partial charge >= 0.3 is 0 Å². The van der Waals surface area contributed by atoms with Crippen LogP contribution < -0.4 is 5.32 Å². The maximum atomic E-state index is 12.0. The molecule has 0 saturated heterocycles. The fraction of sp³-hybridized carbons (Fsp3) is 0.143. The maximum absolute atomic E-state index is 12.0. The highest BCUT2D eigenvalue weighted by atomic mass is 16.2. The van der Waals surface area contributed by atoms with E-state index >= 15 is 0 Å². The summed E-state index contributed by atoms with van der Waals surface area (Å²) < 4.78 is 1.64. The number of nitrogens with one attached hydrogen (secondary N) is 1. The van der Waals surface area contributed by atoms with Gasteiger partial charge < -0.3 is 9.88 Å². The Hall–Kier alpha value is -2.36. The molecule has 1 amide bonds. The molecule has 0 saturated carbocycles. The van der Waals surface area contributed by atoms with Crippen molar-refractivity contribution < 1.29 is 9.59 Å². The molecule has 0 aliphatic rings. The first-order valence-corrected chi connectivity index (χ1v) is 5.70. The topological polar surface area (TPSA) is 51.1 Å². The van der Waals surface area contributed by atoms with Gasteiger partial charge in [-0.05, 0) is 31.2 Å². The van der Waals surface area contributed by atoms with Crippen molar-refractivity contribution in [3.8, 4) is 0 Å². The van der Waals surface area contributed by atoms with Gasteiger partial charge in [0.2, 0.25) is 5.91 Å². The van der Waals surface area contributed by atoms with Crippen LogP contribution in [-0.4, -0.2) is 16.8 Å². The van der Waals surface area contributed by atoms with Crippen LogP contribution in [0, 0.1) is 0 Å². The van der Waals surface area contributed by atoms with Crippen LogP contribution in [0.2, 0.25) is 0 Å². The molecule has 18 heavy (non-hydrogen) atoms. The van der Waals surface area contributed by atoms with Crippen LogP contribution >= 0.6 is 0 Å². The molecule has 0 aliphatic carbocycles. The lowest BCUT2D eigenvalue weighted by Gasteiger charge is -2.15. The minimum Gasteiger partial charge on any atom is -0.333 e. The number of benzene rings is 1. The second-order valence-electron chi connectivity index (χ2n) is 3.99. The molecule has 1 atom stereocenters. The molecular weight excluding hydrogens is 228 g/mol. The molecule has 2 rings (SSSR count). The van der Waals surface area contributed by atoms with Crippen molar-refractivity contribution in [3.63, 3.8) is 0 Å². The normalized spacial score (nSPS) is 11.8. The van der Waals surface area contributed by atoms with E-state index in [-0.39, 0.29) is 5.91 Å². The van der Waals surface area contributed by atoms with Gasteiger partial charge in [-0.15, -0.1) is 0 Å². The number of anilines is 1. The fourth-order valence-electron chi connectivity index (χ4n) is 1.75. The Balaban J connectivity index is 2.12. The maximum Gasteiger partial charge on any atom is 0.247 e. The van der Waals surface area contributed by atoms with Crippen LogP contribution in [0.15, 0.2) is 48.7 Å². The highest BCUT2D eigenvalue weighted by Crippen LogP contribution is 2.13. The van der Waals surface area contributed by atoms with Gasteiger partial charge in [-0.2, -0.15) is 0 Å². The van der Waals surface area contributed by atoms with Gasteiger partial charge in [0.15, 0.2) is 6.29 Å². The molecule has 1 N–H and O–H groups in total. The molecule has 0 radical (unpaired) electrons. The summed E-state index contributed by atoms with van der Waals surface area (Å²) in [6.07, 6.45) is 2.46. The number of rotatable bonds is 4. The van der Waals surface area contributed by atoms with Crippen LogP contribution in [0.4, 0.5) is 5.69 Å². The number of para-hydroxylation sites is 1. The van der Waals surface area contributed by atoms with E-state index in [1.54, 1.807) is 29.8 Å². The standard InChI is InChI=1S/C14H14N2O2/c1-11(16-9-5-8-13(16)10-17)14(18)15-12-6-3-2-4-7-12/h2-11H,1H3,(H,15,18). The number of aromatic nitrogens is 1. The highest BCUT2D eigenvalue weighted by molar-refractivity contribution is 5.94. The van der Waals surface area contributed by atoms with E-state index in [1.165, 1.54) is 0 Å². The van der Waals surface area contributed by atoms with E-state index in [1.807, 2.05) is 30.3 Å². The van der Waals surface area contributed by atoms with Gasteiger partial charge in [0, 0.05) is 11.9 Å². The molecule has 0 spiro atoms. The number of carbonyl (C=O) groups is 2. The van der Waals surface area contributed by atoms with Crippen molar-refractivity contribution in [2.75, 3.05) is 5.32 Å². The Kier molecular flexibility index (Phi) is 3.57. The van der Waals surface area contributed by atoms with Gasteiger partial charge in [-0.3, -0.25) is 9.59 Å². The van der Waals surface area contributed by atoms with Crippen molar-refractivity contribution in [2.45, 2.75) is 13.0 Å². The Labute approximate surface area is 105 Å². The zero-order chi connectivity index (χ0) is 13.0. The molecule has 4 nitrogen and oxygen atoms in total. The molecule has 2 aromatic rings. The minimum atomic E-state index is -0.430. The van der Waals surface area contributed by atoms with Crippen LogP contribution in [0.5, 0.6) is 0 Å². The molecule has 1 aromatic carbocycles. The number of aldehydes is 1. The monoisotopic (exact) mass is 242 g/mol. The number of hydrogen-bond acceptors (Lipinski definition) is 2. The van der Waals surface area contributed by atoms with E-state index in [2.05, 4.69) is 5.32 Å². The smallest absolute Gasteiger partial charge is 0.247 e. The van der Waals surface area contributed by atoms with E-state index in [4.69, 9.17) is 0 Å². The zero-order valence-corrected chi connectivity index (χ0v) is 10.0. The largest absolute Gasteiger partial charge is 0.333 e. The first kappa shape index (κ1) is 12.1. The van der Waals surface area contributed by atoms with Crippen molar-refractivity contribution in [1.82, 2.24) is 4.57 Å². The summed E-state index contributed by atoms with van der Waals surface area (Å²) in [5.41, 5.74) is 1.24. The van der Waals surface area contributed by atoms with Crippen LogP contribution in [-0.2, 0) is 4.79 Å². The third-order valence-electron chi connectivity index (χ3n) is 2.77. The van der Waals surface area contributed by atoms with Crippen molar-refractivity contribution >= 4 is 17.9 Å². The molecule has 1 unspecified atom stereocenters. The van der Waals surface area contributed by atoms with Crippen molar-refractivity contribution in [1.29, 1.82) is 0 Å². The number of hydrogen-bond donors (Lipinski definition) is 1. The van der Waals surface area contributed by atoms with Crippen molar-refractivity contribution in [3.05, 3.63) is 54.4 Å². The summed E-state index contributed by atoms with van der Waals surface area (Å²) in [5.74, 6) is -0.152. The lowest BCUT2D eigenvalue weighted by atomic mass is 10.2. The molecule has 0 fully saturated rings. The molecule has 1 heterocycles. The Morgan fingerprint density at radius 1 is 1.22 bits per heavy atom. The van der Waals surface area contributed by atoms with Crippen LogP contribution in [0.1, 0.15) is 23.5 Å². The summed E-state index contributed by atoms with van der Waals surface area (Å²) in [7, 11) is 0. The summed E-state index contributed by atoms with van der Waals surface area (Å²) >= 11 is 0. The molecule has 0 bridgehead atoms. The SMILES string of the molecule is CC(C(=O)Nc1ccccc1)n1cccc1C=O. The number of nitrogens with zero attached hydrogens (tertiary/aromatic N) is 1. The summed E-state index contributed by atoms with van der Waals surface area (Å²) in [6, 6.07) is 12.2. The average Bonchev–Trinajstić information content (AvgIpc) is 2.87. The van der Waals surface area contributed by atoms with Crippen LogP contribution in [0.25, 0.3) is 0 Å². The minimum absolute atomic E-state index is 0.152. The Bertz CT molecular complexity index is 546. The van der Waals surface area contributed by atoms with E-state index in [0.29, 0.717) is 5.69 Å². The van der Waals surface area contributed by atoms with Gasteiger partial charge in [0.1, 0.15) is 6.04 Å². The fourth-order valence-corrected chi connectivity index (χ4v) is 1.75. The highest BCUT2D eigenvalue weighted by Gasteiger charge is 2.16. The van der Waals surface area contributed by atoms with Gasteiger partial charge in [0.25, 0.3) is 0 Å². The Morgan fingerprint density at radius 2 is 1.94 bits per heavy atom. The van der Waals surface area contributed by atoms with Crippen LogP contribution in [0.3, 0.4) is 0 Å². The summed E-state index contributed by atoms with van der Waals surface area (Å²) in [4.78, 5) is 22.9. The number of amides is 1. The third-order valence-corrected chi connectivity index (χ3v) is 2.77. The molecule has 4 heteroatoms. The molecular formula is C14H14N2O2. The summed E-state index contributed by atoms with van der Waals surface area (Å²) in [5, 5.41) is 2.81. The van der Waals surface area contributed by atoms with E-state index < -0.39 is 6.04 Å². The average molecular weight is 242 g/mol. The predicted octanol–water partition coefficient (Wildman–Crippen LogP) is 2.50.